The van der Waals surface area contributed by atoms with Crippen molar-refractivity contribution in [1.29, 1.82) is 0 Å². The normalized spacial score (nSPS) is 14.4. The fourth-order valence-corrected chi connectivity index (χ4v) is 4.48. The SMILES string of the molecule is CCc1cccc(NC(=O)N2CCCN(c3nc(Cc4ccc(Cl)cc4)ns3)CC2)c1. The molecule has 0 saturated carbocycles. The molecule has 0 unspecified atom stereocenters. The molecule has 1 fully saturated rings. The molecule has 31 heavy (non-hydrogen) atoms. The molecule has 0 atom stereocenters. The predicted octanol–water partition coefficient (Wildman–Crippen LogP) is 5.09. The van der Waals surface area contributed by atoms with E-state index in [4.69, 9.17) is 16.6 Å². The van der Waals surface area contributed by atoms with Gasteiger partial charge in [0, 0.05) is 54.8 Å². The van der Waals surface area contributed by atoms with E-state index in [1.165, 1.54) is 17.1 Å². The van der Waals surface area contributed by atoms with Crippen molar-refractivity contribution in [3.05, 3.63) is 70.5 Å². The molecule has 2 amide bonds. The Morgan fingerprint density at radius 1 is 1.10 bits per heavy atom. The van der Waals surface area contributed by atoms with E-state index in [0.717, 1.165) is 59.7 Å². The number of benzene rings is 2. The van der Waals surface area contributed by atoms with Crippen molar-refractivity contribution in [2.45, 2.75) is 26.2 Å². The lowest BCUT2D eigenvalue weighted by atomic mass is 10.1. The number of halogens is 1. The van der Waals surface area contributed by atoms with Gasteiger partial charge in [-0.2, -0.15) is 4.37 Å². The van der Waals surface area contributed by atoms with E-state index in [1.807, 2.05) is 47.4 Å². The quantitative estimate of drug-likeness (QED) is 0.582. The fraction of sp³-hybridized carbons (Fsp3) is 0.348. The Morgan fingerprint density at radius 2 is 1.94 bits per heavy atom. The highest BCUT2D eigenvalue weighted by Crippen LogP contribution is 2.21. The van der Waals surface area contributed by atoms with E-state index in [9.17, 15) is 4.79 Å². The van der Waals surface area contributed by atoms with Gasteiger partial charge in [0.05, 0.1) is 0 Å². The first kappa shape index (κ1) is 21.6. The summed E-state index contributed by atoms with van der Waals surface area (Å²) in [4.78, 5) is 21.6. The van der Waals surface area contributed by atoms with Gasteiger partial charge in [0.1, 0.15) is 5.82 Å². The van der Waals surface area contributed by atoms with Gasteiger partial charge in [0.2, 0.25) is 5.13 Å². The van der Waals surface area contributed by atoms with Crippen molar-refractivity contribution in [3.63, 3.8) is 0 Å². The number of hydrogen-bond donors (Lipinski definition) is 1. The van der Waals surface area contributed by atoms with Crippen molar-refractivity contribution in [3.8, 4) is 0 Å². The van der Waals surface area contributed by atoms with Gasteiger partial charge in [-0.25, -0.2) is 9.78 Å². The van der Waals surface area contributed by atoms with Crippen LogP contribution in [0.5, 0.6) is 0 Å². The Bertz CT molecular complexity index is 1020. The maximum atomic E-state index is 12.8. The van der Waals surface area contributed by atoms with Crippen LogP contribution in [0.25, 0.3) is 0 Å². The summed E-state index contributed by atoms with van der Waals surface area (Å²) >= 11 is 7.38. The number of nitrogens with one attached hydrogen (secondary N) is 1. The number of rotatable bonds is 5. The summed E-state index contributed by atoms with van der Waals surface area (Å²) in [6.07, 6.45) is 2.53. The number of carbonyl (C=O) groups excluding carboxylic acids is 1. The van der Waals surface area contributed by atoms with Gasteiger partial charge in [-0.15, -0.1) is 0 Å². The number of nitrogens with zero attached hydrogens (tertiary/aromatic N) is 4. The van der Waals surface area contributed by atoms with Crippen LogP contribution >= 0.6 is 23.1 Å². The Morgan fingerprint density at radius 3 is 2.74 bits per heavy atom. The molecule has 2 heterocycles. The van der Waals surface area contributed by atoms with Crippen LogP contribution in [0.4, 0.5) is 15.6 Å². The molecule has 1 saturated heterocycles. The number of aromatic nitrogens is 2. The largest absolute Gasteiger partial charge is 0.345 e. The molecule has 162 valence electrons. The van der Waals surface area contributed by atoms with Crippen LogP contribution in [0.1, 0.15) is 30.3 Å². The summed E-state index contributed by atoms with van der Waals surface area (Å²) in [6.45, 7) is 5.11. The smallest absolute Gasteiger partial charge is 0.321 e. The molecule has 4 rings (SSSR count). The van der Waals surface area contributed by atoms with Crippen LogP contribution in [0.15, 0.2) is 48.5 Å². The second kappa shape index (κ2) is 10.1. The monoisotopic (exact) mass is 455 g/mol. The van der Waals surface area contributed by atoms with Gasteiger partial charge in [-0.3, -0.25) is 0 Å². The zero-order valence-corrected chi connectivity index (χ0v) is 19.1. The van der Waals surface area contributed by atoms with Gasteiger partial charge >= 0.3 is 6.03 Å². The van der Waals surface area contributed by atoms with Crippen LogP contribution in [-0.2, 0) is 12.8 Å². The zero-order valence-electron chi connectivity index (χ0n) is 17.6. The third kappa shape index (κ3) is 5.74. The van der Waals surface area contributed by atoms with Crippen molar-refractivity contribution in [2.75, 3.05) is 36.4 Å². The van der Waals surface area contributed by atoms with E-state index in [2.05, 4.69) is 27.6 Å². The second-order valence-electron chi connectivity index (χ2n) is 7.61. The van der Waals surface area contributed by atoms with Crippen LogP contribution in [0.2, 0.25) is 5.02 Å². The molecule has 2 aromatic carbocycles. The zero-order chi connectivity index (χ0) is 21.6. The van der Waals surface area contributed by atoms with Gasteiger partial charge < -0.3 is 15.1 Å². The molecule has 1 aromatic heterocycles. The summed E-state index contributed by atoms with van der Waals surface area (Å²) < 4.78 is 4.53. The third-order valence-electron chi connectivity index (χ3n) is 5.37. The van der Waals surface area contributed by atoms with E-state index < -0.39 is 0 Å². The van der Waals surface area contributed by atoms with Crippen LogP contribution < -0.4 is 10.2 Å². The number of carbonyl (C=O) groups is 1. The average Bonchev–Trinajstić information content (AvgIpc) is 3.10. The van der Waals surface area contributed by atoms with E-state index in [-0.39, 0.29) is 6.03 Å². The van der Waals surface area contributed by atoms with Crippen LogP contribution in [-0.4, -0.2) is 46.5 Å². The Labute approximate surface area is 192 Å². The maximum absolute atomic E-state index is 12.8. The van der Waals surface area contributed by atoms with Crippen molar-refractivity contribution < 1.29 is 4.79 Å². The molecular weight excluding hydrogens is 430 g/mol. The van der Waals surface area contributed by atoms with Crippen molar-refractivity contribution in [1.82, 2.24) is 14.3 Å². The molecule has 0 aliphatic carbocycles. The van der Waals surface area contributed by atoms with Gasteiger partial charge in [-0.1, -0.05) is 42.8 Å². The predicted molar refractivity (Wildman–Crippen MR) is 127 cm³/mol. The van der Waals surface area contributed by atoms with Gasteiger partial charge in [0.25, 0.3) is 0 Å². The highest BCUT2D eigenvalue weighted by Gasteiger charge is 2.21. The Hall–Kier alpha value is -2.64. The Balaban J connectivity index is 1.34. The lowest BCUT2D eigenvalue weighted by molar-refractivity contribution is 0.215. The number of amides is 2. The first-order valence-corrected chi connectivity index (χ1v) is 11.7. The number of urea groups is 1. The first-order valence-electron chi connectivity index (χ1n) is 10.6. The summed E-state index contributed by atoms with van der Waals surface area (Å²) in [5.74, 6) is 0.817. The lowest BCUT2D eigenvalue weighted by Crippen LogP contribution is -2.38. The molecule has 0 spiro atoms. The summed E-state index contributed by atoms with van der Waals surface area (Å²) in [6, 6.07) is 15.8. The van der Waals surface area contributed by atoms with E-state index >= 15 is 0 Å². The highest BCUT2D eigenvalue weighted by atomic mass is 35.5. The van der Waals surface area contributed by atoms with E-state index in [0.29, 0.717) is 13.0 Å². The molecule has 0 bridgehead atoms. The number of anilines is 2. The minimum Gasteiger partial charge on any atom is -0.345 e. The number of hydrogen-bond acceptors (Lipinski definition) is 5. The van der Waals surface area contributed by atoms with Crippen LogP contribution in [0, 0.1) is 0 Å². The molecule has 6 nitrogen and oxygen atoms in total. The van der Waals surface area contributed by atoms with Crippen LogP contribution in [0.3, 0.4) is 0 Å². The van der Waals surface area contributed by atoms with Gasteiger partial charge in [0.15, 0.2) is 0 Å². The fourth-order valence-electron chi connectivity index (χ4n) is 3.61. The summed E-state index contributed by atoms with van der Waals surface area (Å²) in [5.41, 5.74) is 3.20. The summed E-state index contributed by atoms with van der Waals surface area (Å²) in [5, 5.41) is 4.68. The maximum Gasteiger partial charge on any atom is 0.321 e. The molecule has 0 radical (unpaired) electrons. The highest BCUT2D eigenvalue weighted by molar-refractivity contribution is 7.09. The average molecular weight is 456 g/mol. The minimum atomic E-state index is -0.0456. The molecule has 1 N–H and O–H groups in total. The molecule has 8 heteroatoms. The molecule has 1 aliphatic heterocycles. The van der Waals surface area contributed by atoms with E-state index in [1.54, 1.807) is 0 Å². The second-order valence-corrected chi connectivity index (χ2v) is 8.77. The van der Waals surface area contributed by atoms with Crippen molar-refractivity contribution in [2.24, 2.45) is 0 Å². The molecular formula is C23H26ClN5OS. The first-order chi connectivity index (χ1) is 15.1. The van der Waals surface area contributed by atoms with Gasteiger partial charge in [-0.05, 0) is 48.2 Å². The number of aryl methyl sites for hydroxylation is 1. The summed E-state index contributed by atoms with van der Waals surface area (Å²) in [7, 11) is 0. The third-order valence-corrected chi connectivity index (χ3v) is 6.44. The topological polar surface area (TPSA) is 61.4 Å². The lowest BCUT2D eigenvalue weighted by Gasteiger charge is -2.22. The van der Waals surface area contributed by atoms with Crippen molar-refractivity contribution >= 4 is 40.0 Å². The molecule has 3 aromatic rings. The minimum absolute atomic E-state index is 0.0456. The molecule has 1 aliphatic rings. The Kier molecular flexibility index (Phi) is 7.04. The standard InChI is InChI=1S/C23H26ClN5OS/c1-2-17-5-3-6-20(15-17)25-22(30)28-11-4-12-29(14-13-28)23-26-21(27-31-23)16-18-7-9-19(24)10-8-18/h3,5-10,15H,2,4,11-14,16H2,1H3,(H,25,30).